The van der Waals surface area contributed by atoms with E-state index >= 15 is 0 Å². The fraction of sp³-hybridized carbons (Fsp3) is 0.250. The number of carbonyl (C=O) groups excluding carboxylic acids is 1. The van der Waals surface area contributed by atoms with Gasteiger partial charge in [-0.3, -0.25) is 9.79 Å². The summed E-state index contributed by atoms with van der Waals surface area (Å²) in [6.45, 7) is 0.762. The minimum atomic E-state index is -0.0949. The Morgan fingerprint density at radius 2 is 2.27 bits per heavy atom. The molecule has 0 aromatic heterocycles. The SMILES string of the molecule is O=C1C=CC2=NCCC2=C1Cl. The van der Waals surface area contributed by atoms with Crippen LogP contribution in [0.3, 0.4) is 0 Å². The van der Waals surface area contributed by atoms with Crippen molar-refractivity contribution in [3.05, 3.63) is 22.8 Å². The van der Waals surface area contributed by atoms with E-state index in [-0.39, 0.29) is 5.78 Å². The number of halogens is 1. The second kappa shape index (κ2) is 2.31. The number of allylic oxidation sites excluding steroid dienone is 3. The van der Waals surface area contributed by atoms with Crippen molar-refractivity contribution < 1.29 is 4.79 Å². The van der Waals surface area contributed by atoms with Crippen molar-refractivity contribution in [2.75, 3.05) is 6.54 Å². The first kappa shape index (κ1) is 6.80. The van der Waals surface area contributed by atoms with E-state index in [1.54, 1.807) is 6.08 Å². The predicted octanol–water partition coefficient (Wildman–Crippen LogP) is 1.46. The van der Waals surface area contributed by atoms with Crippen molar-refractivity contribution in [3.8, 4) is 0 Å². The summed E-state index contributed by atoms with van der Waals surface area (Å²) in [5.74, 6) is -0.0949. The molecule has 0 amide bonds. The number of ketones is 1. The van der Waals surface area contributed by atoms with Crippen molar-refractivity contribution >= 4 is 23.1 Å². The third kappa shape index (κ3) is 0.942. The summed E-state index contributed by atoms with van der Waals surface area (Å²) >= 11 is 5.77. The number of hydrogen-bond acceptors (Lipinski definition) is 2. The molecule has 0 saturated carbocycles. The summed E-state index contributed by atoms with van der Waals surface area (Å²) in [7, 11) is 0. The van der Waals surface area contributed by atoms with Crippen LogP contribution < -0.4 is 0 Å². The zero-order valence-electron chi connectivity index (χ0n) is 5.80. The van der Waals surface area contributed by atoms with Crippen molar-refractivity contribution in [3.63, 3.8) is 0 Å². The van der Waals surface area contributed by atoms with Crippen LogP contribution in [-0.2, 0) is 4.79 Å². The standard InChI is InChI=1S/C8H6ClNO/c9-8-5-3-4-10-6(5)1-2-7(8)11/h1-2H,3-4H2. The third-order valence-electron chi connectivity index (χ3n) is 1.83. The quantitative estimate of drug-likeness (QED) is 0.503. The smallest absolute Gasteiger partial charge is 0.197 e. The number of aliphatic imine (C=N–C) groups is 1. The van der Waals surface area contributed by atoms with Crippen molar-refractivity contribution in [2.24, 2.45) is 4.99 Å². The van der Waals surface area contributed by atoms with Crippen molar-refractivity contribution in [1.82, 2.24) is 0 Å². The highest BCUT2D eigenvalue weighted by molar-refractivity contribution is 6.48. The molecule has 0 spiro atoms. The molecular formula is C8H6ClNO. The monoisotopic (exact) mass is 167 g/mol. The molecule has 0 bridgehead atoms. The number of hydrogen-bond donors (Lipinski definition) is 0. The average molecular weight is 168 g/mol. The van der Waals surface area contributed by atoms with E-state index in [9.17, 15) is 4.79 Å². The summed E-state index contributed by atoms with van der Waals surface area (Å²) < 4.78 is 0. The molecule has 0 aromatic carbocycles. The van der Waals surface area contributed by atoms with Gasteiger partial charge in [0.25, 0.3) is 0 Å². The van der Waals surface area contributed by atoms with Gasteiger partial charge in [-0.25, -0.2) is 0 Å². The zero-order valence-corrected chi connectivity index (χ0v) is 6.56. The first-order chi connectivity index (χ1) is 5.29. The van der Waals surface area contributed by atoms with Gasteiger partial charge in [0.2, 0.25) is 0 Å². The minimum Gasteiger partial charge on any atom is -0.288 e. The van der Waals surface area contributed by atoms with E-state index < -0.39 is 0 Å². The molecule has 2 rings (SSSR count). The van der Waals surface area contributed by atoms with Crippen LogP contribution in [0, 0.1) is 0 Å². The van der Waals surface area contributed by atoms with Crippen LogP contribution in [0.25, 0.3) is 0 Å². The number of rotatable bonds is 0. The Bertz CT molecular complexity index is 312. The first-order valence-electron chi connectivity index (χ1n) is 3.45. The Hall–Kier alpha value is -0.890. The molecule has 0 radical (unpaired) electrons. The predicted molar refractivity (Wildman–Crippen MR) is 43.9 cm³/mol. The van der Waals surface area contributed by atoms with Crippen molar-refractivity contribution in [1.29, 1.82) is 0 Å². The number of nitrogens with zero attached hydrogens (tertiary/aromatic N) is 1. The third-order valence-corrected chi connectivity index (χ3v) is 2.24. The van der Waals surface area contributed by atoms with Gasteiger partial charge in [-0.1, -0.05) is 11.6 Å². The normalized spacial score (nSPS) is 22.3. The number of carbonyl (C=O) groups is 1. The van der Waals surface area contributed by atoms with Crippen molar-refractivity contribution in [2.45, 2.75) is 6.42 Å². The fourth-order valence-electron chi connectivity index (χ4n) is 1.26. The number of fused-ring (bicyclic) bond motifs is 1. The van der Waals surface area contributed by atoms with E-state index in [0.29, 0.717) is 5.03 Å². The summed E-state index contributed by atoms with van der Waals surface area (Å²) in [6.07, 6.45) is 4.01. The second-order valence-corrected chi connectivity index (χ2v) is 2.89. The molecule has 0 fully saturated rings. The van der Waals surface area contributed by atoms with Gasteiger partial charge in [0.1, 0.15) is 0 Å². The molecule has 0 aromatic rings. The summed E-state index contributed by atoms with van der Waals surface area (Å²) in [6, 6.07) is 0. The lowest BCUT2D eigenvalue weighted by atomic mass is 10.0. The first-order valence-corrected chi connectivity index (χ1v) is 3.83. The molecule has 11 heavy (non-hydrogen) atoms. The van der Waals surface area contributed by atoms with Crippen LogP contribution in [0.1, 0.15) is 6.42 Å². The maximum Gasteiger partial charge on any atom is 0.197 e. The zero-order chi connectivity index (χ0) is 7.84. The molecular weight excluding hydrogens is 162 g/mol. The molecule has 0 saturated heterocycles. The van der Waals surface area contributed by atoms with Gasteiger partial charge in [-0.15, -0.1) is 0 Å². The Labute approximate surface area is 69.3 Å². The topological polar surface area (TPSA) is 29.4 Å². The molecule has 0 unspecified atom stereocenters. The minimum absolute atomic E-state index is 0.0949. The van der Waals surface area contributed by atoms with Gasteiger partial charge in [-0.05, 0) is 18.6 Å². The molecule has 0 atom stereocenters. The highest BCUT2D eigenvalue weighted by Gasteiger charge is 2.21. The molecule has 1 heterocycles. The van der Waals surface area contributed by atoms with Gasteiger partial charge in [0.05, 0.1) is 10.7 Å². The molecule has 3 heteroatoms. The Balaban J connectivity index is 2.52. The van der Waals surface area contributed by atoms with Crippen LogP contribution in [0.15, 0.2) is 27.7 Å². The molecule has 2 nitrogen and oxygen atoms in total. The fourth-order valence-corrected chi connectivity index (χ4v) is 1.52. The highest BCUT2D eigenvalue weighted by Crippen LogP contribution is 2.25. The Morgan fingerprint density at radius 3 is 3.09 bits per heavy atom. The Morgan fingerprint density at radius 1 is 1.45 bits per heavy atom. The summed E-state index contributed by atoms with van der Waals surface area (Å²) in [5, 5.41) is 0.351. The van der Waals surface area contributed by atoms with E-state index in [0.717, 1.165) is 24.3 Å². The van der Waals surface area contributed by atoms with Gasteiger partial charge < -0.3 is 0 Å². The van der Waals surface area contributed by atoms with E-state index in [1.165, 1.54) is 6.08 Å². The molecule has 56 valence electrons. The van der Waals surface area contributed by atoms with Crippen LogP contribution in [-0.4, -0.2) is 18.0 Å². The molecule has 2 aliphatic rings. The Kier molecular flexibility index (Phi) is 1.43. The maximum atomic E-state index is 11.0. The lowest BCUT2D eigenvalue weighted by Gasteiger charge is -2.05. The van der Waals surface area contributed by atoms with E-state index in [4.69, 9.17) is 11.6 Å². The van der Waals surface area contributed by atoms with E-state index in [2.05, 4.69) is 4.99 Å². The van der Waals surface area contributed by atoms with Crippen LogP contribution in [0.4, 0.5) is 0 Å². The second-order valence-electron chi connectivity index (χ2n) is 2.51. The summed E-state index contributed by atoms with van der Waals surface area (Å²) in [4.78, 5) is 15.2. The van der Waals surface area contributed by atoms with Gasteiger partial charge in [0, 0.05) is 12.1 Å². The van der Waals surface area contributed by atoms with Gasteiger partial charge in [-0.2, -0.15) is 0 Å². The van der Waals surface area contributed by atoms with Gasteiger partial charge >= 0.3 is 0 Å². The van der Waals surface area contributed by atoms with Crippen LogP contribution >= 0.6 is 11.6 Å². The lowest BCUT2D eigenvalue weighted by molar-refractivity contribution is -0.110. The molecule has 1 aliphatic carbocycles. The van der Waals surface area contributed by atoms with Crippen LogP contribution in [0.2, 0.25) is 0 Å². The largest absolute Gasteiger partial charge is 0.288 e. The molecule has 0 N–H and O–H groups in total. The molecule has 1 aliphatic heterocycles. The maximum absolute atomic E-state index is 11.0. The van der Waals surface area contributed by atoms with Gasteiger partial charge in [0.15, 0.2) is 5.78 Å². The average Bonchev–Trinajstić information content (AvgIpc) is 2.45. The van der Waals surface area contributed by atoms with Crippen LogP contribution in [0.5, 0.6) is 0 Å². The highest BCUT2D eigenvalue weighted by atomic mass is 35.5. The summed E-state index contributed by atoms with van der Waals surface area (Å²) in [5.41, 5.74) is 1.80. The lowest BCUT2D eigenvalue weighted by Crippen LogP contribution is -2.07. The van der Waals surface area contributed by atoms with E-state index in [1.807, 2.05) is 0 Å².